The number of carbonyl (C=O) groups excluding carboxylic acids is 2. The van der Waals surface area contributed by atoms with Crippen LogP contribution in [0.1, 0.15) is 108 Å². The first-order valence-corrected chi connectivity index (χ1v) is 25.0. The summed E-state index contributed by atoms with van der Waals surface area (Å²) < 4.78 is 11.3. The van der Waals surface area contributed by atoms with Crippen LogP contribution in [-0.4, -0.2) is 82.1 Å². The van der Waals surface area contributed by atoms with Crippen LogP contribution >= 0.6 is 23.2 Å². The molecule has 0 radical (unpaired) electrons. The normalized spacial score (nSPS) is 21.7. The number of carbonyl (C=O) groups is 2. The fourth-order valence-electron chi connectivity index (χ4n) is 10.6. The number of nitrogens with zero attached hydrogens (tertiary/aromatic N) is 4. The van der Waals surface area contributed by atoms with E-state index in [9.17, 15) is 9.59 Å². The van der Waals surface area contributed by atoms with E-state index in [1.54, 1.807) is 43.5 Å². The van der Waals surface area contributed by atoms with Crippen LogP contribution in [0.4, 0.5) is 0 Å². The van der Waals surface area contributed by atoms with Gasteiger partial charge in [-0.25, -0.2) is 4.98 Å². The molecule has 68 heavy (non-hydrogen) atoms. The van der Waals surface area contributed by atoms with Crippen molar-refractivity contribution in [3.05, 3.63) is 166 Å². The molecule has 2 aromatic heterocycles. The van der Waals surface area contributed by atoms with Crippen molar-refractivity contribution < 1.29 is 18.8 Å². The lowest BCUT2D eigenvalue weighted by molar-refractivity contribution is 0.0593. The molecular weight excluding hydrogens is 892 g/mol. The van der Waals surface area contributed by atoms with E-state index in [1.807, 2.05) is 30.3 Å². The summed E-state index contributed by atoms with van der Waals surface area (Å²) in [7, 11) is 4.34. The summed E-state index contributed by atoms with van der Waals surface area (Å²) in [5, 5.41) is 11.5. The second kappa shape index (κ2) is 22.7. The second-order valence-electron chi connectivity index (χ2n) is 19.0. The van der Waals surface area contributed by atoms with Gasteiger partial charge in [0.2, 0.25) is 5.88 Å². The van der Waals surface area contributed by atoms with Gasteiger partial charge in [0, 0.05) is 34.9 Å². The van der Waals surface area contributed by atoms with E-state index in [1.165, 1.54) is 37.1 Å². The molecule has 356 valence electrons. The van der Waals surface area contributed by atoms with E-state index in [0.717, 1.165) is 70.6 Å². The number of amides is 2. The van der Waals surface area contributed by atoms with Crippen LogP contribution in [0.5, 0.6) is 11.6 Å². The molecule has 0 atom stereocenters. The second-order valence-corrected chi connectivity index (χ2v) is 19.8. The average molecular weight is 956 g/mol. The highest BCUT2D eigenvalue weighted by Gasteiger charge is 2.42. The molecule has 0 bridgehead atoms. The molecule has 0 unspecified atom stereocenters. The van der Waals surface area contributed by atoms with Crippen molar-refractivity contribution in [3.8, 4) is 22.9 Å². The maximum Gasteiger partial charge on any atom is 0.257 e. The van der Waals surface area contributed by atoms with Gasteiger partial charge in [-0.15, -0.1) is 0 Å². The average Bonchev–Trinajstić information content (AvgIpc) is 4.05. The summed E-state index contributed by atoms with van der Waals surface area (Å²) in [5.74, 6) is 1.16. The highest BCUT2D eigenvalue weighted by molar-refractivity contribution is 6.39. The smallest absolute Gasteiger partial charge is 0.257 e. The molecule has 2 amide bonds. The third kappa shape index (κ3) is 11.8. The van der Waals surface area contributed by atoms with Crippen LogP contribution in [-0.2, 0) is 12.8 Å². The Morgan fingerprint density at radius 1 is 0.735 bits per heavy atom. The number of likely N-dealkylation sites (tertiary alicyclic amines) is 1. The number of rotatable bonds is 14. The highest BCUT2D eigenvalue weighted by Crippen LogP contribution is 2.41. The van der Waals surface area contributed by atoms with Gasteiger partial charge < -0.3 is 24.8 Å². The van der Waals surface area contributed by atoms with E-state index in [-0.39, 0.29) is 35.0 Å². The van der Waals surface area contributed by atoms with E-state index in [0.29, 0.717) is 49.8 Å². The van der Waals surface area contributed by atoms with Gasteiger partial charge in [0.15, 0.2) is 0 Å². The molecule has 10 nitrogen and oxygen atoms in total. The molecule has 1 saturated heterocycles. The van der Waals surface area contributed by atoms with Gasteiger partial charge in [0.25, 0.3) is 11.8 Å². The maximum absolute atomic E-state index is 13.3. The Morgan fingerprint density at radius 3 is 1.93 bits per heavy atom. The molecule has 0 spiro atoms. The van der Waals surface area contributed by atoms with Gasteiger partial charge in [-0.2, -0.15) is 0 Å². The minimum atomic E-state index is -0.198. The molecule has 3 aliphatic rings. The van der Waals surface area contributed by atoms with E-state index >= 15 is 0 Å². The van der Waals surface area contributed by atoms with Gasteiger partial charge in [0.05, 0.1) is 10.0 Å². The summed E-state index contributed by atoms with van der Waals surface area (Å²) >= 11 is 12.7. The summed E-state index contributed by atoms with van der Waals surface area (Å²) in [6.07, 6.45) is 15.6. The summed E-state index contributed by atoms with van der Waals surface area (Å²) in [5.41, 5.74) is 4.89. The number of ether oxygens (including phenoxy) is 1. The Labute approximate surface area is 411 Å². The minimum Gasteiger partial charge on any atom is -0.438 e. The number of benzene rings is 4. The maximum atomic E-state index is 13.3. The number of para-hydroxylation sites is 1. The number of aromatic nitrogens is 2. The molecular formula is C56H64Cl2N6O4. The Kier molecular flexibility index (Phi) is 16.3. The summed E-state index contributed by atoms with van der Waals surface area (Å²) in [6.45, 7) is 4.12. The fourth-order valence-corrected chi connectivity index (χ4v) is 11.2. The van der Waals surface area contributed by atoms with E-state index in [2.05, 4.69) is 105 Å². The van der Waals surface area contributed by atoms with Gasteiger partial charge in [-0.3, -0.25) is 14.5 Å². The minimum absolute atomic E-state index is 0.0983. The van der Waals surface area contributed by atoms with Gasteiger partial charge in [-0.1, -0.05) is 113 Å². The predicted octanol–water partition coefficient (Wildman–Crippen LogP) is 12.2. The number of pyridine rings is 1. The zero-order chi connectivity index (χ0) is 47.5. The Morgan fingerprint density at radius 2 is 1.31 bits per heavy atom. The van der Waals surface area contributed by atoms with E-state index in [4.69, 9.17) is 32.5 Å². The summed E-state index contributed by atoms with van der Waals surface area (Å²) in [4.78, 5) is 35.9. The monoisotopic (exact) mass is 954 g/mol. The molecule has 2 aliphatic carbocycles. The SMILES string of the molecule is Cc1onc(-c2c(Cl)cccc2Cl)c1C(=O)NC1CCC(CCc2ccccc2)(N(C)C)CC1.O=C(NC1CCC(Cc2ccccc2)(N2CCCC2)CC1)c1cccnc1Oc1ccccc1. The predicted molar refractivity (Wildman–Crippen MR) is 272 cm³/mol. The molecule has 12 heteroatoms. The first-order valence-electron chi connectivity index (χ1n) is 24.2. The fraction of sp³-hybridized carbons (Fsp3) is 0.393. The first-order chi connectivity index (χ1) is 33.0. The topological polar surface area (TPSA) is 113 Å². The quantitative estimate of drug-likeness (QED) is 0.111. The standard InChI is InChI=1S/C29H33N3O2.C27H31Cl2N3O2/c33-27(26-14-9-19-30-28(26)34-25-12-5-2-6-13-25)31-24-15-17-29(18-16-24,32-20-7-8-21-32)22-23-10-3-1-4-11-23;1-18-23(25(31-34-18)24-21(28)10-7-11-22(24)29)26(33)30-20-13-16-27(17-14-20,32(2)3)15-12-19-8-5-4-6-9-19/h1-6,9-14,19,24H,7-8,15-18,20-22H2,(H,31,33);4-11,20H,12-17H2,1-3H3,(H,30,33). The number of halogens is 2. The molecule has 1 aliphatic heterocycles. The molecule has 2 N–H and O–H groups in total. The Bertz CT molecular complexity index is 2550. The van der Waals surface area contributed by atoms with Crippen LogP contribution in [0.3, 0.4) is 0 Å². The molecule has 6 aromatic rings. The van der Waals surface area contributed by atoms with Crippen molar-refractivity contribution in [2.45, 2.75) is 114 Å². The lowest BCUT2D eigenvalue weighted by atomic mass is 9.74. The van der Waals surface area contributed by atoms with Gasteiger partial charge in [-0.05, 0) is 165 Å². The summed E-state index contributed by atoms with van der Waals surface area (Å²) in [6, 6.07) is 40.0. The molecule has 2 saturated carbocycles. The van der Waals surface area contributed by atoms with Crippen LogP contribution in [0.2, 0.25) is 10.0 Å². The van der Waals surface area contributed by atoms with Crippen molar-refractivity contribution in [1.29, 1.82) is 0 Å². The lowest BCUT2D eigenvalue weighted by Crippen LogP contribution is -2.54. The zero-order valence-corrected chi connectivity index (χ0v) is 41.1. The van der Waals surface area contributed by atoms with Crippen LogP contribution in [0, 0.1) is 6.92 Å². The van der Waals surface area contributed by atoms with Crippen LogP contribution in [0.15, 0.2) is 132 Å². The first kappa shape index (κ1) is 48.9. The largest absolute Gasteiger partial charge is 0.438 e. The van der Waals surface area contributed by atoms with Crippen LogP contribution < -0.4 is 15.4 Å². The lowest BCUT2D eigenvalue weighted by Gasteiger charge is -2.47. The van der Waals surface area contributed by atoms with Crippen molar-refractivity contribution in [1.82, 2.24) is 30.6 Å². The third-order valence-electron chi connectivity index (χ3n) is 14.6. The molecule has 3 fully saturated rings. The zero-order valence-electron chi connectivity index (χ0n) is 39.6. The number of nitrogens with one attached hydrogen (secondary N) is 2. The van der Waals surface area contributed by atoms with Crippen molar-refractivity contribution >= 4 is 35.0 Å². The molecule has 4 aromatic carbocycles. The van der Waals surface area contributed by atoms with Gasteiger partial charge >= 0.3 is 0 Å². The highest BCUT2D eigenvalue weighted by atomic mass is 35.5. The molecule has 3 heterocycles. The Hall–Kier alpha value is -5.52. The Balaban J connectivity index is 0.000000184. The number of hydrogen-bond donors (Lipinski definition) is 2. The van der Waals surface area contributed by atoms with Gasteiger partial charge in [0.1, 0.15) is 28.3 Å². The number of hydrogen-bond acceptors (Lipinski definition) is 8. The third-order valence-corrected chi connectivity index (χ3v) is 15.2. The molecule has 9 rings (SSSR count). The van der Waals surface area contributed by atoms with Crippen molar-refractivity contribution in [2.75, 3.05) is 27.2 Å². The van der Waals surface area contributed by atoms with E-state index < -0.39 is 0 Å². The van der Waals surface area contributed by atoms with Crippen molar-refractivity contribution in [2.24, 2.45) is 0 Å². The van der Waals surface area contributed by atoms with Crippen LogP contribution in [0.25, 0.3) is 11.3 Å². The number of aryl methyl sites for hydroxylation is 2. The van der Waals surface area contributed by atoms with Crippen molar-refractivity contribution in [3.63, 3.8) is 0 Å².